The lowest BCUT2D eigenvalue weighted by molar-refractivity contribution is -0.120. The van der Waals surface area contributed by atoms with Gasteiger partial charge >= 0.3 is 0 Å². The molecule has 0 unspecified atom stereocenters. The molecule has 0 saturated heterocycles. The van der Waals surface area contributed by atoms with E-state index in [1.165, 1.54) is 12.8 Å². The summed E-state index contributed by atoms with van der Waals surface area (Å²) in [6, 6.07) is 9.62. The van der Waals surface area contributed by atoms with Gasteiger partial charge in [-0.05, 0) is 18.6 Å². The first-order valence-corrected chi connectivity index (χ1v) is 5.93. The fourth-order valence-electron chi connectivity index (χ4n) is 1.44. The van der Waals surface area contributed by atoms with E-state index in [-0.39, 0.29) is 5.91 Å². The Morgan fingerprint density at radius 1 is 1.12 bits per heavy atom. The van der Waals surface area contributed by atoms with Crippen LogP contribution < -0.4 is 10.9 Å². The topological polar surface area (TPSA) is 41.1 Å². The molecule has 3 heteroatoms. The van der Waals surface area contributed by atoms with Crippen molar-refractivity contribution in [3.05, 3.63) is 30.3 Å². The number of rotatable bonds is 7. The maximum absolute atomic E-state index is 11.4. The second-order valence-corrected chi connectivity index (χ2v) is 3.85. The van der Waals surface area contributed by atoms with Crippen LogP contribution in [-0.4, -0.2) is 5.91 Å². The average Bonchev–Trinajstić information content (AvgIpc) is 2.33. The van der Waals surface area contributed by atoms with Crippen molar-refractivity contribution in [3.8, 4) is 0 Å². The molecule has 0 saturated carbocycles. The second kappa shape index (κ2) is 7.74. The highest BCUT2D eigenvalue weighted by atomic mass is 16.2. The van der Waals surface area contributed by atoms with Crippen LogP contribution in [0.2, 0.25) is 0 Å². The molecule has 0 aliphatic heterocycles. The van der Waals surface area contributed by atoms with Crippen molar-refractivity contribution < 1.29 is 4.79 Å². The van der Waals surface area contributed by atoms with Crippen LogP contribution in [0.3, 0.4) is 0 Å². The third kappa shape index (κ3) is 5.39. The zero-order valence-electron chi connectivity index (χ0n) is 9.83. The van der Waals surface area contributed by atoms with Crippen molar-refractivity contribution in [2.24, 2.45) is 0 Å². The smallest absolute Gasteiger partial charge is 0.238 e. The molecule has 0 fully saturated rings. The first kappa shape index (κ1) is 12.6. The van der Waals surface area contributed by atoms with Gasteiger partial charge in [-0.25, -0.2) is 0 Å². The molecule has 0 aliphatic rings. The molecule has 1 amide bonds. The Labute approximate surface area is 97.2 Å². The minimum atomic E-state index is 0.0555. The zero-order valence-corrected chi connectivity index (χ0v) is 9.83. The van der Waals surface area contributed by atoms with Gasteiger partial charge in [0.2, 0.25) is 5.91 Å². The fourth-order valence-corrected chi connectivity index (χ4v) is 1.44. The highest BCUT2D eigenvalue weighted by molar-refractivity contribution is 5.77. The fraction of sp³-hybridized carbons (Fsp3) is 0.462. The monoisotopic (exact) mass is 220 g/mol. The van der Waals surface area contributed by atoms with Gasteiger partial charge in [-0.2, -0.15) is 0 Å². The van der Waals surface area contributed by atoms with Gasteiger partial charge in [-0.3, -0.25) is 15.6 Å². The van der Waals surface area contributed by atoms with Crippen molar-refractivity contribution in [2.45, 2.75) is 39.0 Å². The lowest BCUT2D eigenvalue weighted by Gasteiger charge is -2.07. The molecule has 0 radical (unpaired) electrons. The van der Waals surface area contributed by atoms with Gasteiger partial charge in [0, 0.05) is 6.42 Å². The van der Waals surface area contributed by atoms with Gasteiger partial charge in [0.1, 0.15) is 0 Å². The van der Waals surface area contributed by atoms with Crippen molar-refractivity contribution in [2.75, 3.05) is 5.43 Å². The highest BCUT2D eigenvalue weighted by Crippen LogP contribution is 2.04. The van der Waals surface area contributed by atoms with Crippen LogP contribution in [0.1, 0.15) is 39.0 Å². The summed E-state index contributed by atoms with van der Waals surface area (Å²) in [6.45, 7) is 2.16. The molecular formula is C13H20N2O. The lowest BCUT2D eigenvalue weighted by Crippen LogP contribution is -2.28. The second-order valence-electron chi connectivity index (χ2n) is 3.85. The molecule has 1 aromatic carbocycles. The quantitative estimate of drug-likeness (QED) is 0.547. The maximum Gasteiger partial charge on any atom is 0.238 e. The van der Waals surface area contributed by atoms with Crippen LogP contribution in [0.5, 0.6) is 0 Å². The van der Waals surface area contributed by atoms with Crippen LogP contribution in [0.15, 0.2) is 30.3 Å². The number of unbranched alkanes of at least 4 members (excludes halogenated alkanes) is 3. The van der Waals surface area contributed by atoms with E-state index in [1.54, 1.807) is 0 Å². The van der Waals surface area contributed by atoms with Crippen molar-refractivity contribution in [1.29, 1.82) is 0 Å². The Balaban J connectivity index is 2.11. The third-order valence-electron chi connectivity index (χ3n) is 2.38. The molecule has 2 N–H and O–H groups in total. The number of hydrazine groups is 1. The molecule has 0 heterocycles. The molecule has 16 heavy (non-hydrogen) atoms. The van der Waals surface area contributed by atoms with E-state index in [1.807, 2.05) is 30.3 Å². The summed E-state index contributed by atoms with van der Waals surface area (Å²) in [6.07, 6.45) is 5.11. The number of anilines is 1. The van der Waals surface area contributed by atoms with Crippen LogP contribution >= 0.6 is 0 Å². The summed E-state index contributed by atoms with van der Waals surface area (Å²) in [5, 5.41) is 0. The molecular weight excluding hydrogens is 200 g/mol. The van der Waals surface area contributed by atoms with E-state index in [0.29, 0.717) is 6.42 Å². The molecule has 3 nitrogen and oxygen atoms in total. The summed E-state index contributed by atoms with van der Waals surface area (Å²) in [4.78, 5) is 11.4. The number of carbonyl (C=O) groups is 1. The van der Waals surface area contributed by atoms with E-state index in [2.05, 4.69) is 17.8 Å². The van der Waals surface area contributed by atoms with E-state index < -0.39 is 0 Å². The number of hydrogen-bond donors (Lipinski definition) is 2. The Bertz CT molecular complexity index is 298. The molecule has 0 spiro atoms. The van der Waals surface area contributed by atoms with Crippen molar-refractivity contribution in [1.82, 2.24) is 5.43 Å². The number of hydrogen-bond acceptors (Lipinski definition) is 2. The van der Waals surface area contributed by atoms with E-state index in [0.717, 1.165) is 18.5 Å². The molecule has 0 atom stereocenters. The predicted molar refractivity (Wildman–Crippen MR) is 67.0 cm³/mol. The molecule has 1 aromatic rings. The number of benzene rings is 1. The largest absolute Gasteiger partial charge is 0.299 e. The van der Waals surface area contributed by atoms with Gasteiger partial charge < -0.3 is 0 Å². The molecule has 88 valence electrons. The molecule has 0 bridgehead atoms. The average molecular weight is 220 g/mol. The number of nitrogens with one attached hydrogen (secondary N) is 2. The third-order valence-corrected chi connectivity index (χ3v) is 2.38. The lowest BCUT2D eigenvalue weighted by atomic mass is 10.1. The molecule has 0 aromatic heterocycles. The standard InChI is InChI=1S/C13H20N2O/c1-2-3-4-8-11-13(16)15-14-12-9-6-5-7-10-12/h5-7,9-10,14H,2-4,8,11H2,1H3,(H,15,16). The van der Waals surface area contributed by atoms with Gasteiger partial charge in [0.25, 0.3) is 0 Å². The normalized spacial score (nSPS) is 9.81. The van der Waals surface area contributed by atoms with Gasteiger partial charge in [-0.1, -0.05) is 44.4 Å². The van der Waals surface area contributed by atoms with Gasteiger partial charge in [0.05, 0.1) is 5.69 Å². The Kier molecular flexibility index (Phi) is 6.07. The van der Waals surface area contributed by atoms with Gasteiger partial charge in [0.15, 0.2) is 0 Å². The Hall–Kier alpha value is -1.51. The summed E-state index contributed by atoms with van der Waals surface area (Å²) in [5.74, 6) is 0.0555. The highest BCUT2D eigenvalue weighted by Gasteiger charge is 1.99. The molecule has 1 rings (SSSR count). The number of para-hydroxylation sites is 1. The van der Waals surface area contributed by atoms with Crippen molar-refractivity contribution >= 4 is 11.6 Å². The van der Waals surface area contributed by atoms with Crippen LogP contribution in [-0.2, 0) is 4.79 Å². The SMILES string of the molecule is CCCCCCC(=O)NNc1ccccc1. The summed E-state index contributed by atoms with van der Waals surface area (Å²) >= 11 is 0. The van der Waals surface area contributed by atoms with Crippen LogP contribution in [0.25, 0.3) is 0 Å². The summed E-state index contributed by atoms with van der Waals surface area (Å²) in [5.41, 5.74) is 6.48. The first-order chi connectivity index (χ1) is 7.83. The number of amides is 1. The number of carbonyl (C=O) groups excluding carboxylic acids is 1. The Morgan fingerprint density at radius 3 is 2.56 bits per heavy atom. The zero-order chi connectivity index (χ0) is 11.6. The Morgan fingerprint density at radius 2 is 1.88 bits per heavy atom. The summed E-state index contributed by atoms with van der Waals surface area (Å²) < 4.78 is 0. The maximum atomic E-state index is 11.4. The minimum absolute atomic E-state index is 0.0555. The van der Waals surface area contributed by atoms with Gasteiger partial charge in [-0.15, -0.1) is 0 Å². The minimum Gasteiger partial charge on any atom is -0.299 e. The van der Waals surface area contributed by atoms with Crippen LogP contribution in [0.4, 0.5) is 5.69 Å². The van der Waals surface area contributed by atoms with E-state index in [4.69, 9.17) is 0 Å². The van der Waals surface area contributed by atoms with E-state index in [9.17, 15) is 4.79 Å². The molecule has 0 aliphatic carbocycles. The van der Waals surface area contributed by atoms with Crippen LogP contribution in [0, 0.1) is 0 Å². The summed E-state index contributed by atoms with van der Waals surface area (Å²) in [7, 11) is 0. The van der Waals surface area contributed by atoms with Crippen molar-refractivity contribution in [3.63, 3.8) is 0 Å². The predicted octanol–water partition coefficient (Wildman–Crippen LogP) is 3.10. The first-order valence-electron chi connectivity index (χ1n) is 5.93. The van der Waals surface area contributed by atoms with E-state index >= 15 is 0 Å².